The lowest BCUT2D eigenvalue weighted by molar-refractivity contribution is -0.919. The number of aliphatic hydroxyl groups is 1. The Labute approximate surface area is 252 Å². The van der Waals surface area contributed by atoms with E-state index in [0.29, 0.717) is 0 Å². The van der Waals surface area contributed by atoms with E-state index in [1.807, 2.05) is 67.6 Å². The van der Waals surface area contributed by atoms with Crippen molar-refractivity contribution < 1.29 is 14.4 Å². The van der Waals surface area contributed by atoms with Crippen molar-refractivity contribution in [2.24, 2.45) is 5.92 Å². The predicted molar refractivity (Wildman–Crippen MR) is 171 cm³/mol. The molecule has 2 unspecified atom stereocenters. The Hall–Kier alpha value is -3.15. The summed E-state index contributed by atoms with van der Waals surface area (Å²) < 4.78 is 1.16. The minimum Gasteiger partial charge on any atom is -0.378 e. The van der Waals surface area contributed by atoms with Gasteiger partial charge in [0.05, 0.1) is 32.7 Å². The molecule has 1 saturated carbocycles. The van der Waals surface area contributed by atoms with Crippen molar-refractivity contribution >= 4 is 6.03 Å². The second-order valence-corrected chi connectivity index (χ2v) is 13.6. The van der Waals surface area contributed by atoms with Gasteiger partial charge in [0.1, 0.15) is 5.60 Å². The molecule has 2 amide bonds. The van der Waals surface area contributed by atoms with Crippen LogP contribution < -0.4 is 10.6 Å². The van der Waals surface area contributed by atoms with Gasteiger partial charge >= 0.3 is 6.03 Å². The number of hydrogen-bond donors (Lipinski definition) is 3. The monoisotopic (exact) mass is 568 g/mol. The highest BCUT2D eigenvalue weighted by Crippen LogP contribution is 2.38. The van der Waals surface area contributed by atoms with Gasteiger partial charge in [-0.05, 0) is 74.5 Å². The number of piperidine rings is 1. The van der Waals surface area contributed by atoms with Gasteiger partial charge in [-0.1, -0.05) is 97.9 Å². The normalized spacial score (nSPS) is 27.1. The molecule has 42 heavy (non-hydrogen) atoms. The van der Waals surface area contributed by atoms with Crippen LogP contribution in [0.1, 0.15) is 75.5 Å². The maximum absolute atomic E-state index is 13.1. The summed E-state index contributed by atoms with van der Waals surface area (Å²) in [4.78, 5) is 13.1. The molecule has 2 fully saturated rings. The highest BCUT2D eigenvalue weighted by molar-refractivity contribution is 5.75. The molecule has 3 aromatic carbocycles. The number of benzene rings is 3. The number of hydrogen-bond acceptors (Lipinski definition) is 2. The molecule has 3 N–H and O–H groups in total. The lowest BCUT2D eigenvalue weighted by Crippen LogP contribution is -2.56. The first kappa shape index (κ1) is 30.3. The molecular weight excluding hydrogens is 518 g/mol. The SMILES string of the molecule is C[C@@H](NC(=O)NC1CCC(CC[N+]2(C)CCCC(C)(c3ccccc3)C2)CC1)C(O)(c1ccccc1)c1ccccc1. The Balaban J connectivity index is 1.11. The van der Waals surface area contributed by atoms with Gasteiger partial charge in [-0.2, -0.15) is 0 Å². The lowest BCUT2D eigenvalue weighted by Gasteiger charge is -2.47. The van der Waals surface area contributed by atoms with E-state index in [2.05, 4.69) is 54.9 Å². The topological polar surface area (TPSA) is 61.4 Å². The zero-order valence-corrected chi connectivity index (χ0v) is 25.8. The van der Waals surface area contributed by atoms with E-state index in [1.165, 1.54) is 44.5 Å². The highest BCUT2D eigenvalue weighted by Gasteiger charge is 2.41. The summed E-state index contributed by atoms with van der Waals surface area (Å²) in [6, 6.07) is 29.8. The van der Waals surface area contributed by atoms with Crippen molar-refractivity contribution in [3.8, 4) is 0 Å². The lowest BCUT2D eigenvalue weighted by atomic mass is 9.74. The average Bonchev–Trinajstić information content (AvgIpc) is 3.01. The molecule has 5 heteroatoms. The number of urea groups is 1. The van der Waals surface area contributed by atoms with Crippen LogP contribution in [0.3, 0.4) is 0 Å². The standard InChI is InChI=1S/C37H49N3O2/c1-29(37(42,32-16-9-5-10-17-32)33-18-11-6-12-19-33)38-35(41)39-34-22-20-30(21-23-34)24-27-40(3)26-13-25-36(2,28-40)31-14-7-4-8-15-31/h4-12,14-19,29-30,34,42H,13,20-28H2,1-3H3,(H-,38,39,41)/p+1/t29-,30?,34?,36?,40?/m1/s1. The molecular formula is C37H50N3O2+. The number of nitrogens with one attached hydrogen (secondary N) is 2. The average molecular weight is 569 g/mol. The van der Waals surface area contributed by atoms with Crippen LogP contribution in [0.4, 0.5) is 4.79 Å². The fourth-order valence-electron chi connectivity index (χ4n) is 7.79. The molecule has 0 bridgehead atoms. The van der Waals surface area contributed by atoms with Crippen LogP contribution in [-0.2, 0) is 11.0 Å². The quantitative estimate of drug-likeness (QED) is 0.250. The zero-order valence-electron chi connectivity index (χ0n) is 25.8. The molecule has 0 spiro atoms. The first-order chi connectivity index (χ1) is 20.2. The Bertz CT molecular complexity index is 1240. The molecule has 1 aliphatic heterocycles. The van der Waals surface area contributed by atoms with Gasteiger partial charge in [0.25, 0.3) is 0 Å². The molecule has 3 aromatic rings. The van der Waals surface area contributed by atoms with Gasteiger partial charge in [0.15, 0.2) is 0 Å². The number of nitrogens with zero attached hydrogens (tertiary/aromatic N) is 1. The van der Waals surface area contributed by atoms with Crippen molar-refractivity contribution in [1.29, 1.82) is 0 Å². The van der Waals surface area contributed by atoms with Crippen LogP contribution >= 0.6 is 0 Å². The molecule has 0 radical (unpaired) electrons. The molecule has 1 aliphatic carbocycles. The molecule has 5 rings (SSSR count). The summed E-state index contributed by atoms with van der Waals surface area (Å²) in [5, 5.41) is 18.2. The number of amides is 2. The van der Waals surface area contributed by atoms with E-state index >= 15 is 0 Å². The maximum atomic E-state index is 13.1. The van der Waals surface area contributed by atoms with Crippen molar-refractivity contribution in [2.45, 2.75) is 81.9 Å². The van der Waals surface area contributed by atoms with Gasteiger partial charge in [0, 0.05) is 11.5 Å². The number of rotatable bonds is 9. The van der Waals surface area contributed by atoms with Crippen LogP contribution in [0.25, 0.3) is 0 Å². The van der Waals surface area contributed by atoms with E-state index in [4.69, 9.17) is 0 Å². The van der Waals surface area contributed by atoms with E-state index in [9.17, 15) is 9.90 Å². The number of quaternary nitrogens is 1. The van der Waals surface area contributed by atoms with Crippen LogP contribution in [-0.4, -0.2) is 54.4 Å². The third-order valence-corrected chi connectivity index (χ3v) is 10.3. The summed E-state index contributed by atoms with van der Waals surface area (Å²) in [5.74, 6) is 0.728. The summed E-state index contributed by atoms with van der Waals surface area (Å²) in [6.07, 6.45) is 8.17. The molecule has 1 saturated heterocycles. The van der Waals surface area contributed by atoms with E-state index in [1.54, 1.807) is 0 Å². The first-order valence-corrected chi connectivity index (χ1v) is 16.0. The Kier molecular flexibility index (Phi) is 9.39. The molecule has 2 aliphatic rings. The van der Waals surface area contributed by atoms with E-state index in [0.717, 1.165) is 47.2 Å². The van der Waals surface area contributed by atoms with E-state index < -0.39 is 11.6 Å². The van der Waals surface area contributed by atoms with Crippen molar-refractivity contribution in [2.75, 3.05) is 26.7 Å². The molecule has 1 heterocycles. The van der Waals surface area contributed by atoms with Crippen LogP contribution in [0.5, 0.6) is 0 Å². The van der Waals surface area contributed by atoms with Crippen LogP contribution in [0.2, 0.25) is 0 Å². The second-order valence-electron chi connectivity index (χ2n) is 13.6. The highest BCUT2D eigenvalue weighted by atomic mass is 16.3. The Morgan fingerprint density at radius 2 is 1.48 bits per heavy atom. The minimum absolute atomic E-state index is 0.177. The summed E-state index contributed by atoms with van der Waals surface area (Å²) in [5.41, 5.74) is 1.94. The van der Waals surface area contributed by atoms with Gasteiger partial charge < -0.3 is 20.2 Å². The predicted octanol–water partition coefficient (Wildman–Crippen LogP) is 6.76. The summed E-state index contributed by atoms with van der Waals surface area (Å²) >= 11 is 0. The van der Waals surface area contributed by atoms with Gasteiger partial charge in [0.2, 0.25) is 0 Å². The number of likely N-dealkylation sites (N-methyl/N-ethyl adjacent to an activating group) is 1. The summed E-state index contributed by atoms with van der Waals surface area (Å²) in [6.45, 7) is 8.06. The Morgan fingerprint density at radius 3 is 2.05 bits per heavy atom. The minimum atomic E-state index is -1.33. The molecule has 5 nitrogen and oxygen atoms in total. The first-order valence-electron chi connectivity index (χ1n) is 16.0. The second kappa shape index (κ2) is 13.0. The van der Waals surface area contributed by atoms with E-state index in [-0.39, 0.29) is 17.5 Å². The largest absolute Gasteiger partial charge is 0.378 e. The summed E-state index contributed by atoms with van der Waals surface area (Å²) in [7, 11) is 2.46. The third-order valence-electron chi connectivity index (χ3n) is 10.3. The van der Waals surface area contributed by atoms with Crippen molar-refractivity contribution in [1.82, 2.24) is 10.6 Å². The third kappa shape index (κ3) is 6.90. The molecule has 3 atom stereocenters. The van der Waals surface area contributed by atoms with Crippen LogP contribution in [0, 0.1) is 5.92 Å². The fraction of sp³-hybridized carbons (Fsp3) is 0.486. The Morgan fingerprint density at radius 1 is 0.929 bits per heavy atom. The zero-order chi connectivity index (χ0) is 29.6. The van der Waals surface area contributed by atoms with Gasteiger partial charge in [-0.15, -0.1) is 0 Å². The maximum Gasteiger partial charge on any atom is 0.315 e. The van der Waals surface area contributed by atoms with Crippen molar-refractivity contribution in [3.05, 3.63) is 108 Å². The molecule has 224 valence electrons. The van der Waals surface area contributed by atoms with Crippen LogP contribution in [0.15, 0.2) is 91.0 Å². The fourth-order valence-corrected chi connectivity index (χ4v) is 7.79. The smallest absolute Gasteiger partial charge is 0.315 e. The number of carbonyl (C=O) groups excluding carboxylic acids is 1. The number of likely N-dealkylation sites (tertiary alicyclic amines) is 1. The van der Waals surface area contributed by atoms with Gasteiger partial charge in [-0.3, -0.25) is 0 Å². The van der Waals surface area contributed by atoms with Crippen molar-refractivity contribution in [3.63, 3.8) is 0 Å². The number of carbonyl (C=O) groups is 1. The molecule has 0 aromatic heterocycles. The van der Waals surface area contributed by atoms with Gasteiger partial charge in [-0.25, -0.2) is 4.79 Å².